The molecule has 0 heterocycles. The summed E-state index contributed by atoms with van der Waals surface area (Å²) >= 11 is 0. The fourth-order valence-electron chi connectivity index (χ4n) is 1.89. The smallest absolute Gasteiger partial charge is 0.306 e. The number of hydrogen-bond donors (Lipinski definition) is 2. The van der Waals surface area contributed by atoms with Gasteiger partial charge in [-0.05, 0) is 45.0 Å². The van der Waals surface area contributed by atoms with Crippen LogP contribution in [0.25, 0.3) is 6.08 Å². The highest BCUT2D eigenvalue weighted by atomic mass is 16.6. The zero-order valence-electron chi connectivity index (χ0n) is 15.2. The van der Waals surface area contributed by atoms with Crippen LogP contribution in [0, 0.1) is 0 Å². The first-order valence-electron chi connectivity index (χ1n) is 8.17. The van der Waals surface area contributed by atoms with Crippen LogP contribution in [0.1, 0.15) is 49.5 Å². The first-order valence-corrected chi connectivity index (χ1v) is 8.17. The summed E-state index contributed by atoms with van der Waals surface area (Å²) in [4.78, 5) is 38.5. The molecule has 0 atom stereocenters. The number of hydroxylamine groups is 1. The maximum absolute atomic E-state index is 12.0. The molecule has 2 N–H and O–H groups in total. The highest BCUT2D eigenvalue weighted by Crippen LogP contribution is 2.09. The summed E-state index contributed by atoms with van der Waals surface area (Å²) in [5.74, 6) is -1.08. The van der Waals surface area contributed by atoms with Crippen LogP contribution < -0.4 is 5.48 Å². The Morgan fingerprint density at radius 1 is 1.19 bits per heavy atom. The number of carbonyl (C=O) groups is 3. The molecule has 0 fully saturated rings. The maximum atomic E-state index is 12.0. The van der Waals surface area contributed by atoms with Gasteiger partial charge in [-0.3, -0.25) is 24.6 Å². The minimum atomic E-state index is -0.633. The number of Topliss-reactive ketones (excluding diaryl/α,β-unsaturated/α-hetero) is 1. The Hall–Kier alpha value is -2.80. The van der Waals surface area contributed by atoms with Crippen molar-refractivity contribution in [3.05, 3.63) is 41.5 Å². The number of ether oxygens (including phenoxy) is 1. The zero-order valence-corrected chi connectivity index (χ0v) is 15.2. The molecule has 1 rings (SSSR count). The Morgan fingerprint density at radius 2 is 1.85 bits per heavy atom. The second-order valence-electron chi connectivity index (χ2n) is 6.50. The van der Waals surface area contributed by atoms with Gasteiger partial charge >= 0.3 is 5.97 Å². The fourth-order valence-corrected chi connectivity index (χ4v) is 1.89. The van der Waals surface area contributed by atoms with E-state index in [4.69, 9.17) is 9.94 Å². The van der Waals surface area contributed by atoms with Crippen LogP contribution in [-0.2, 0) is 14.3 Å². The predicted molar refractivity (Wildman–Crippen MR) is 98.2 cm³/mol. The maximum Gasteiger partial charge on any atom is 0.306 e. The molecule has 7 heteroatoms. The van der Waals surface area contributed by atoms with E-state index in [9.17, 15) is 14.4 Å². The van der Waals surface area contributed by atoms with Gasteiger partial charge in [-0.15, -0.1) is 0 Å². The van der Waals surface area contributed by atoms with Crippen LogP contribution in [-0.4, -0.2) is 41.2 Å². The van der Waals surface area contributed by atoms with Crippen LogP contribution in [0.5, 0.6) is 0 Å². The molecule has 0 aliphatic carbocycles. The highest BCUT2D eigenvalue weighted by Gasteiger charge is 2.15. The topological polar surface area (TPSA) is 105 Å². The SMILES string of the molecule is CC(C)(C)OC(=O)CCC=NCC(=O)c1ccc(/C=C/C(=O)NO)cc1. The van der Waals surface area contributed by atoms with E-state index in [-0.39, 0.29) is 24.7 Å². The fraction of sp³-hybridized carbons (Fsp3) is 0.368. The average molecular weight is 360 g/mol. The van der Waals surface area contributed by atoms with Gasteiger partial charge in [0, 0.05) is 11.6 Å². The van der Waals surface area contributed by atoms with Crippen molar-refractivity contribution in [2.75, 3.05) is 6.54 Å². The predicted octanol–water partition coefficient (Wildman–Crippen LogP) is 2.58. The molecule has 0 saturated heterocycles. The normalized spacial score (nSPS) is 11.7. The van der Waals surface area contributed by atoms with Gasteiger partial charge in [0.15, 0.2) is 5.78 Å². The van der Waals surface area contributed by atoms with E-state index in [1.165, 1.54) is 17.6 Å². The van der Waals surface area contributed by atoms with Crippen molar-refractivity contribution in [1.82, 2.24) is 5.48 Å². The van der Waals surface area contributed by atoms with Crippen molar-refractivity contribution >= 4 is 30.0 Å². The molecule has 0 bridgehead atoms. The number of nitrogens with one attached hydrogen (secondary N) is 1. The quantitative estimate of drug-likeness (QED) is 0.185. The molecule has 0 spiro atoms. The molecular formula is C19H24N2O5. The summed E-state index contributed by atoms with van der Waals surface area (Å²) in [6, 6.07) is 6.63. The third-order valence-electron chi connectivity index (χ3n) is 3.03. The van der Waals surface area contributed by atoms with Gasteiger partial charge in [0.05, 0.1) is 6.42 Å². The Morgan fingerprint density at radius 3 is 2.42 bits per heavy atom. The van der Waals surface area contributed by atoms with E-state index in [0.29, 0.717) is 17.5 Å². The van der Waals surface area contributed by atoms with E-state index < -0.39 is 11.5 Å². The van der Waals surface area contributed by atoms with Gasteiger partial charge in [-0.25, -0.2) is 5.48 Å². The number of hydrogen-bond acceptors (Lipinski definition) is 6. The van der Waals surface area contributed by atoms with Crippen molar-refractivity contribution in [2.24, 2.45) is 4.99 Å². The highest BCUT2D eigenvalue weighted by molar-refractivity contribution is 5.98. The molecule has 26 heavy (non-hydrogen) atoms. The van der Waals surface area contributed by atoms with Crippen molar-refractivity contribution in [2.45, 2.75) is 39.2 Å². The van der Waals surface area contributed by atoms with Gasteiger partial charge < -0.3 is 4.74 Å². The van der Waals surface area contributed by atoms with Crippen molar-refractivity contribution < 1.29 is 24.3 Å². The Balaban J connectivity index is 2.42. The molecule has 0 saturated carbocycles. The summed E-state index contributed by atoms with van der Waals surface area (Å²) in [6.45, 7) is 5.41. The summed E-state index contributed by atoms with van der Waals surface area (Å²) in [7, 11) is 0. The molecular weight excluding hydrogens is 336 g/mol. The lowest BCUT2D eigenvalue weighted by atomic mass is 10.1. The summed E-state index contributed by atoms with van der Waals surface area (Å²) in [5.41, 5.74) is 2.20. The van der Waals surface area contributed by atoms with Gasteiger partial charge in [0.25, 0.3) is 5.91 Å². The van der Waals surface area contributed by atoms with Crippen molar-refractivity contribution in [1.29, 1.82) is 0 Å². The summed E-state index contributed by atoms with van der Waals surface area (Å²) in [5, 5.41) is 8.40. The second-order valence-corrected chi connectivity index (χ2v) is 6.50. The molecule has 140 valence electrons. The number of carbonyl (C=O) groups excluding carboxylic acids is 3. The summed E-state index contributed by atoms with van der Waals surface area (Å²) in [6.07, 6.45) is 4.86. The van der Waals surface area contributed by atoms with Gasteiger partial charge in [-0.2, -0.15) is 0 Å². The number of nitrogens with zero attached hydrogens (tertiary/aromatic N) is 1. The molecule has 0 aliphatic rings. The number of benzene rings is 1. The third kappa shape index (κ3) is 8.89. The van der Waals surface area contributed by atoms with E-state index >= 15 is 0 Å². The lowest BCUT2D eigenvalue weighted by Gasteiger charge is -2.19. The third-order valence-corrected chi connectivity index (χ3v) is 3.03. The lowest BCUT2D eigenvalue weighted by Crippen LogP contribution is -2.23. The largest absolute Gasteiger partial charge is 0.460 e. The van der Waals surface area contributed by atoms with Crippen molar-refractivity contribution in [3.63, 3.8) is 0 Å². The zero-order chi connectivity index (χ0) is 19.6. The average Bonchev–Trinajstić information content (AvgIpc) is 2.58. The summed E-state index contributed by atoms with van der Waals surface area (Å²) < 4.78 is 5.18. The first kappa shape index (κ1) is 21.2. The van der Waals surface area contributed by atoms with Crippen LogP contribution in [0.2, 0.25) is 0 Å². The van der Waals surface area contributed by atoms with Gasteiger partial charge in [0.1, 0.15) is 12.1 Å². The number of amides is 1. The van der Waals surface area contributed by atoms with Crippen LogP contribution in [0.15, 0.2) is 35.3 Å². The molecule has 0 unspecified atom stereocenters. The minimum Gasteiger partial charge on any atom is -0.460 e. The Bertz CT molecular complexity index is 685. The van der Waals surface area contributed by atoms with E-state index in [2.05, 4.69) is 4.99 Å². The standard InChI is InChI=1S/C19H24N2O5/c1-19(2,3)26-18(24)5-4-12-20-13-16(22)15-9-6-14(7-10-15)8-11-17(23)21-25/h6-12,25H,4-5,13H2,1-3H3,(H,21,23)/b11-8+,20-12?. The monoisotopic (exact) mass is 360 g/mol. The Kier molecular flexibility index (Phi) is 8.37. The van der Waals surface area contributed by atoms with Crippen LogP contribution in [0.4, 0.5) is 0 Å². The number of esters is 1. The second kappa shape index (κ2) is 10.2. The van der Waals surface area contributed by atoms with Gasteiger partial charge in [-0.1, -0.05) is 24.3 Å². The molecule has 0 aliphatic heterocycles. The Labute approximate surface area is 152 Å². The molecule has 7 nitrogen and oxygen atoms in total. The van der Waals surface area contributed by atoms with Crippen molar-refractivity contribution in [3.8, 4) is 0 Å². The molecule has 1 amide bonds. The van der Waals surface area contributed by atoms with E-state index in [0.717, 1.165) is 0 Å². The molecule has 1 aromatic carbocycles. The number of rotatable bonds is 8. The molecule has 1 aromatic rings. The van der Waals surface area contributed by atoms with E-state index in [1.807, 2.05) is 0 Å². The van der Waals surface area contributed by atoms with Crippen LogP contribution in [0.3, 0.4) is 0 Å². The van der Waals surface area contributed by atoms with E-state index in [1.54, 1.807) is 51.3 Å². The molecule has 0 radical (unpaired) electrons. The number of aliphatic imine (C=N–C) groups is 1. The van der Waals surface area contributed by atoms with Gasteiger partial charge in [0.2, 0.25) is 0 Å². The molecule has 0 aromatic heterocycles. The van der Waals surface area contributed by atoms with Crippen LogP contribution >= 0.6 is 0 Å². The minimum absolute atomic E-state index is 0.00355. The lowest BCUT2D eigenvalue weighted by molar-refractivity contribution is -0.154. The first-order chi connectivity index (χ1) is 12.2. The number of ketones is 1.